The van der Waals surface area contributed by atoms with E-state index in [4.69, 9.17) is 9.84 Å². The normalized spacial score (nSPS) is 13.9. The zero-order chi connectivity index (χ0) is 23.9. The molecule has 0 bridgehead atoms. The van der Waals surface area contributed by atoms with Crippen molar-refractivity contribution in [2.75, 3.05) is 31.2 Å². The van der Waals surface area contributed by atoms with Gasteiger partial charge in [-0.25, -0.2) is 4.98 Å². The molecule has 8 heteroatoms. The highest BCUT2D eigenvalue weighted by Gasteiger charge is 2.13. The number of carbonyl (C=O) groups is 1. The van der Waals surface area contributed by atoms with Gasteiger partial charge in [0, 0.05) is 43.7 Å². The number of pyridine rings is 1. The van der Waals surface area contributed by atoms with Crippen molar-refractivity contribution in [3.63, 3.8) is 0 Å². The van der Waals surface area contributed by atoms with Gasteiger partial charge in [0.2, 0.25) is 5.91 Å². The minimum Gasteiger partial charge on any atom is -0.378 e. The van der Waals surface area contributed by atoms with E-state index in [0.29, 0.717) is 13.1 Å². The number of carbonyl (C=O) groups excluding carboxylic acids is 1. The molecule has 1 aromatic carbocycles. The molecule has 4 aromatic rings. The van der Waals surface area contributed by atoms with E-state index in [-0.39, 0.29) is 5.91 Å². The summed E-state index contributed by atoms with van der Waals surface area (Å²) in [6.07, 6.45) is 7.20. The van der Waals surface area contributed by atoms with Crippen molar-refractivity contribution in [2.45, 2.75) is 13.1 Å². The van der Waals surface area contributed by atoms with E-state index in [0.717, 1.165) is 53.8 Å². The van der Waals surface area contributed by atoms with Crippen LogP contribution in [-0.4, -0.2) is 47.0 Å². The zero-order valence-electron chi connectivity index (χ0n) is 19.3. The van der Waals surface area contributed by atoms with Gasteiger partial charge in [0.25, 0.3) is 0 Å². The molecule has 0 atom stereocenters. The van der Waals surface area contributed by atoms with Crippen molar-refractivity contribution in [1.82, 2.24) is 20.1 Å². The number of nitrogens with zero attached hydrogens (tertiary/aromatic N) is 4. The van der Waals surface area contributed by atoms with Crippen LogP contribution in [0.25, 0.3) is 16.6 Å². The fraction of sp³-hybridized carbons (Fsp3) is 0.222. The maximum atomic E-state index is 12.5. The van der Waals surface area contributed by atoms with Gasteiger partial charge in [-0.2, -0.15) is 5.10 Å². The lowest BCUT2D eigenvalue weighted by molar-refractivity contribution is -0.116. The first-order valence-electron chi connectivity index (χ1n) is 11.6. The number of morpholine rings is 1. The van der Waals surface area contributed by atoms with Crippen LogP contribution in [0.4, 0.5) is 5.82 Å². The largest absolute Gasteiger partial charge is 0.378 e. The third-order valence-corrected chi connectivity index (χ3v) is 6.63. The fourth-order valence-corrected chi connectivity index (χ4v) is 4.66. The van der Waals surface area contributed by atoms with Gasteiger partial charge >= 0.3 is 0 Å². The van der Waals surface area contributed by atoms with Gasteiger partial charge in [0.15, 0.2) is 0 Å². The average Bonchev–Trinajstić information content (AvgIpc) is 3.58. The number of aromatic nitrogens is 3. The van der Waals surface area contributed by atoms with E-state index in [2.05, 4.69) is 27.3 Å². The molecular weight excluding hydrogens is 458 g/mol. The molecule has 4 heterocycles. The molecule has 178 valence electrons. The summed E-state index contributed by atoms with van der Waals surface area (Å²) >= 11 is 1.64. The smallest absolute Gasteiger partial charge is 0.244 e. The number of thiophene rings is 1. The SMILES string of the molecule is O=C(/C=C/c1cn(Cc2ccccc2)nc1-c1cccs1)NCc1ccc(N2CCOCC2)nc1. The Labute approximate surface area is 208 Å². The molecule has 0 saturated carbocycles. The molecule has 1 amide bonds. The van der Waals surface area contributed by atoms with Gasteiger partial charge < -0.3 is 15.0 Å². The molecule has 1 aliphatic heterocycles. The van der Waals surface area contributed by atoms with Crippen LogP contribution in [0.1, 0.15) is 16.7 Å². The molecule has 1 aliphatic rings. The van der Waals surface area contributed by atoms with Crippen LogP contribution in [0.2, 0.25) is 0 Å². The second kappa shape index (κ2) is 11.1. The molecule has 0 aliphatic carbocycles. The number of amides is 1. The van der Waals surface area contributed by atoms with E-state index in [1.807, 2.05) is 71.0 Å². The van der Waals surface area contributed by atoms with Crippen LogP contribution >= 0.6 is 11.3 Å². The van der Waals surface area contributed by atoms with E-state index >= 15 is 0 Å². The Balaban J connectivity index is 1.22. The quantitative estimate of drug-likeness (QED) is 0.379. The van der Waals surface area contributed by atoms with Crippen LogP contribution in [-0.2, 0) is 22.6 Å². The minimum absolute atomic E-state index is 0.157. The Bertz CT molecular complexity index is 1260. The molecule has 35 heavy (non-hydrogen) atoms. The van der Waals surface area contributed by atoms with Crippen molar-refractivity contribution in [3.8, 4) is 10.6 Å². The molecule has 0 radical (unpaired) electrons. The number of hydrogen-bond acceptors (Lipinski definition) is 6. The summed E-state index contributed by atoms with van der Waals surface area (Å²) < 4.78 is 7.31. The zero-order valence-corrected chi connectivity index (χ0v) is 20.2. The van der Waals surface area contributed by atoms with Crippen molar-refractivity contribution < 1.29 is 9.53 Å². The van der Waals surface area contributed by atoms with E-state index in [1.54, 1.807) is 17.4 Å². The molecule has 3 aromatic heterocycles. The molecule has 0 spiro atoms. The lowest BCUT2D eigenvalue weighted by atomic mass is 10.2. The highest BCUT2D eigenvalue weighted by molar-refractivity contribution is 7.13. The fourth-order valence-electron chi connectivity index (χ4n) is 3.93. The second-order valence-corrected chi connectivity index (χ2v) is 9.22. The third kappa shape index (κ3) is 6.03. The van der Waals surface area contributed by atoms with Crippen molar-refractivity contribution in [3.05, 3.63) is 95.1 Å². The first-order chi connectivity index (χ1) is 17.2. The maximum Gasteiger partial charge on any atom is 0.244 e. The summed E-state index contributed by atoms with van der Waals surface area (Å²) in [5.74, 6) is 0.784. The number of nitrogens with one attached hydrogen (secondary N) is 1. The molecule has 1 N–H and O–H groups in total. The lowest BCUT2D eigenvalue weighted by Gasteiger charge is -2.27. The number of rotatable bonds is 8. The van der Waals surface area contributed by atoms with E-state index in [9.17, 15) is 4.79 Å². The Hall–Kier alpha value is -3.75. The average molecular weight is 486 g/mol. The standard InChI is InChI=1S/C27H27N5O2S/c33-26(29-18-22-8-10-25(28-17-22)31-12-14-34-15-13-31)11-9-23-20-32(19-21-5-2-1-3-6-21)30-27(23)24-7-4-16-35-24/h1-11,16-17,20H,12-15,18-19H2,(H,29,33)/b11-9+. The lowest BCUT2D eigenvalue weighted by Crippen LogP contribution is -2.36. The molecule has 0 unspecified atom stereocenters. The van der Waals surface area contributed by atoms with Gasteiger partial charge in [-0.3, -0.25) is 9.48 Å². The van der Waals surface area contributed by atoms with Crippen LogP contribution < -0.4 is 10.2 Å². The Morgan fingerprint density at radius 2 is 1.91 bits per heavy atom. The number of benzene rings is 1. The topological polar surface area (TPSA) is 72.3 Å². The molecule has 1 saturated heterocycles. The summed E-state index contributed by atoms with van der Waals surface area (Å²) in [4.78, 5) is 20.4. The monoisotopic (exact) mass is 485 g/mol. The number of anilines is 1. The summed E-state index contributed by atoms with van der Waals surface area (Å²) in [5, 5.41) is 9.77. The summed E-state index contributed by atoms with van der Waals surface area (Å²) in [6, 6.07) is 18.3. The Morgan fingerprint density at radius 1 is 1.06 bits per heavy atom. The Kier molecular flexibility index (Phi) is 7.31. The van der Waals surface area contributed by atoms with Crippen LogP contribution in [0.3, 0.4) is 0 Å². The van der Waals surface area contributed by atoms with Crippen molar-refractivity contribution in [1.29, 1.82) is 0 Å². The van der Waals surface area contributed by atoms with Crippen LogP contribution in [0.5, 0.6) is 0 Å². The maximum absolute atomic E-state index is 12.5. The minimum atomic E-state index is -0.157. The predicted molar refractivity (Wildman–Crippen MR) is 139 cm³/mol. The molecule has 7 nitrogen and oxygen atoms in total. The number of hydrogen-bond donors (Lipinski definition) is 1. The highest BCUT2D eigenvalue weighted by Crippen LogP contribution is 2.27. The van der Waals surface area contributed by atoms with Gasteiger partial charge in [-0.05, 0) is 34.7 Å². The predicted octanol–water partition coefficient (Wildman–Crippen LogP) is 4.22. The van der Waals surface area contributed by atoms with Crippen LogP contribution in [0, 0.1) is 0 Å². The highest BCUT2D eigenvalue weighted by atomic mass is 32.1. The molecule has 5 rings (SSSR count). The molecule has 1 fully saturated rings. The van der Waals surface area contributed by atoms with Gasteiger partial charge in [-0.1, -0.05) is 42.5 Å². The first kappa shape index (κ1) is 23.0. The van der Waals surface area contributed by atoms with E-state index < -0.39 is 0 Å². The van der Waals surface area contributed by atoms with Crippen LogP contribution in [0.15, 0.2) is 78.4 Å². The Morgan fingerprint density at radius 3 is 2.66 bits per heavy atom. The second-order valence-electron chi connectivity index (χ2n) is 8.27. The molecular formula is C27H27N5O2S. The van der Waals surface area contributed by atoms with Crippen molar-refractivity contribution >= 4 is 29.1 Å². The summed E-state index contributed by atoms with van der Waals surface area (Å²) in [7, 11) is 0. The first-order valence-corrected chi connectivity index (χ1v) is 12.5. The van der Waals surface area contributed by atoms with Gasteiger partial charge in [0.1, 0.15) is 11.5 Å². The number of ether oxygens (including phenoxy) is 1. The summed E-state index contributed by atoms with van der Waals surface area (Å²) in [5.41, 5.74) is 3.92. The van der Waals surface area contributed by atoms with Crippen molar-refractivity contribution in [2.24, 2.45) is 0 Å². The summed E-state index contributed by atoms with van der Waals surface area (Å²) in [6.45, 7) is 4.25. The van der Waals surface area contributed by atoms with E-state index in [1.165, 1.54) is 5.56 Å². The van der Waals surface area contributed by atoms with Gasteiger partial charge in [-0.15, -0.1) is 11.3 Å². The third-order valence-electron chi connectivity index (χ3n) is 5.76. The van der Waals surface area contributed by atoms with Gasteiger partial charge in [0.05, 0.1) is 24.6 Å².